The second-order valence-electron chi connectivity index (χ2n) is 4.72. The number of nitrogens with two attached hydrogens (primary N) is 1. The van der Waals surface area contributed by atoms with Crippen LogP contribution in [0.3, 0.4) is 0 Å². The van der Waals surface area contributed by atoms with E-state index in [2.05, 4.69) is 4.72 Å². The number of hydrogen-bond donors (Lipinski definition) is 2. The van der Waals surface area contributed by atoms with E-state index in [-0.39, 0.29) is 21.9 Å². The predicted octanol–water partition coefficient (Wildman–Crippen LogP) is 1.63. The van der Waals surface area contributed by atoms with Crippen LogP contribution in [0.1, 0.15) is 13.3 Å². The monoisotopic (exact) mass is 304 g/mol. The van der Waals surface area contributed by atoms with Crippen LogP contribution in [0.2, 0.25) is 5.02 Å². The van der Waals surface area contributed by atoms with Crippen molar-refractivity contribution in [2.45, 2.75) is 24.3 Å². The van der Waals surface area contributed by atoms with Crippen molar-refractivity contribution < 1.29 is 13.2 Å². The summed E-state index contributed by atoms with van der Waals surface area (Å²) < 4.78 is 32.5. The van der Waals surface area contributed by atoms with E-state index in [4.69, 9.17) is 22.1 Å². The van der Waals surface area contributed by atoms with Crippen molar-refractivity contribution in [3.63, 3.8) is 0 Å². The summed E-state index contributed by atoms with van der Waals surface area (Å²) in [6.07, 6.45) is 0.856. The number of ether oxygens (including phenoxy) is 1. The Hall–Kier alpha value is -0.820. The van der Waals surface area contributed by atoms with E-state index < -0.39 is 10.0 Å². The molecule has 0 aromatic heterocycles. The Morgan fingerprint density at radius 1 is 1.53 bits per heavy atom. The van der Waals surface area contributed by atoms with Crippen molar-refractivity contribution in [1.82, 2.24) is 4.72 Å². The van der Waals surface area contributed by atoms with E-state index in [1.807, 2.05) is 6.92 Å². The molecule has 1 fully saturated rings. The van der Waals surface area contributed by atoms with Gasteiger partial charge in [0.15, 0.2) is 0 Å². The van der Waals surface area contributed by atoms with Crippen molar-refractivity contribution in [3.05, 3.63) is 23.2 Å². The largest absolute Gasteiger partial charge is 0.399 e. The number of anilines is 1. The Balaban J connectivity index is 2.19. The molecule has 1 aliphatic heterocycles. The molecule has 0 radical (unpaired) electrons. The Morgan fingerprint density at radius 2 is 2.26 bits per heavy atom. The number of hydrogen-bond acceptors (Lipinski definition) is 4. The third kappa shape index (κ3) is 3.39. The minimum absolute atomic E-state index is 0.0138. The van der Waals surface area contributed by atoms with Gasteiger partial charge in [-0.1, -0.05) is 11.6 Å². The molecule has 1 aromatic rings. The summed E-state index contributed by atoms with van der Waals surface area (Å²) in [6.45, 7) is 3.08. The molecule has 7 heteroatoms. The molecule has 1 aliphatic rings. The molecule has 1 aromatic carbocycles. The van der Waals surface area contributed by atoms with Crippen molar-refractivity contribution in [1.29, 1.82) is 0 Å². The quantitative estimate of drug-likeness (QED) is 0.828. The highest BCUT2D eigenvalue weighted by Crippen LogP contribution is 2.25. The Bertz CT molecular complexity index is 556. The summed E-state index contributed by atoms with van der Waals surface area (Å²) in [7, 11) is -3.67. The molecule has 19 heavy (non-hydrogen) atoms. The van der Waals surface area contributed by atoms with E-state index in [0.717, 1.165) is 6.42 Å². The molecule has 1 heterocycles. The molecule has 0 spiro atoms. The van der Waals surface area contributed by atoms with Gasteiger partial charge in [-0.15, -0.1) is 0 Å². The Labute approximate surface area is 118 Å². The highest BCUT2D eigenvalue weighted by molar-refractivity contribution is 7.89. The highest BCUT2D eigenvalue weighted by atomic mass is 35.5. The van der Waals surface area contributed by atoms with Crippen LogP contribution in [0.15, 0.2) is 23.1 Å². The smallest absolute Gasteiger partial charge is 0.242 e. The fraction of sp³-hybridized carbons (Fsp3) is 0.500. The van der Waals surface area contributed by atoms with Gasteiger partial charge in [-0.25, -0.2) is 13.1 Å². The van der Waals surface area contributed by atoms with Gasteiger partial charge in [-0.2, -0.15) is 0 Å². The topological polar surface area (TPSA) is 81.4 Å². The number of benzene rings is 1. The molecule has 0 saturated carbocycles. The standard InChI is InChI=1S/C12H17ClN2O3S/c1-8(9-4-5-18-7-9)15-19(16,17)12-6-10(14)2-3-11(12)13/h2-3,6,8-9,15H,4-5,7,14H2,1H3. The third-order valence-corrected chi connectivity index (χ3v) is 5.30. The van der Waals surface area contributed by atoms with Gasteiger partial charge in [0.05, 0.1) is 11.6 Å². The summed E-state index contributed by atoms with van der Waals surface area (Å²) >= 11 is 5.92. The average Bonchev–Trinajstić information content (AvgIpc) is 2.85. The first kappa shape index (κ1) is 14.6. The summed E-state index contributed by atoms with van der Waals surface area (Å²) in [4.78, 5) is 0.0138. The van der Waals surface area contributed by atoms with E-state index in [0.29, 0.717) is 18.9 Å². The first-order valence-corrected chi connectivity index (χ1v) is 7.91. The SMILES string of the molecule is CC(NS(=O)(=O)c1cc(N)ccc1Cl)C1CCOC1. The number of nitrogens with one attached hydrogen (secondary N) is 1. The molecule has 2 rings (SSSR count). The summed E-state index contributed by atoms with van der Waals surface area (Å²) in [5.74, 6) is 0.189. The molecule has 3 N–H and O–H groups in total. The summed E-state index contributed by atoms with van der Waals surface area (Å²) in [5, 5.41) is 0.163. The predicted molar refractivity (Wildman–Crippen MR) is 74.6 cm³/mol. The molecule has 2 atom stereocenters. The Kier molecular flexibility index (Phi) is 4.35. The molecule has 0 aliphatic carbocycles. The molecular formula is C12H17ClN2O3S. The van der Waals surface area contributed by atoms with Gasteiger partial charge in [-0.3, -0.25) is 0 Å². The van der Waals surface area contributed by atoms with E-state index in [1.54, 1.807) is 6.07 Å². The maximum absolute atomic E-state index is 12.3. The van der Waals surface area contributed by atoms with Crippen LogP contribution in [-0.4, -0.2) is 27.7 Å². The third-order valence-electron chi connectivity index (χ3n) is 3.26. The minimum Gasteiger partial charge on any atom is -0.399 e. The zero-order chi connectivity index (χ0) is 14.0. The van der Waals surface area contributed by atoms with Crippen LogP contribution >= 0.6 is 11.6 Å². The van der Waals surface area contributed by atoms with Gasteiger partial charge < -0.3 is 10.5 Å². The lowest BCUT2D eigenvalue weighted by Gasteiger charge is -2.19. The van der Waals surface area contributed by atoms with Crippen LogP contribution in [0.5, 0.6) is 0 Å². The molecule has 0 bridgehead atoms. The fourth-order valence-corrected chi connectivity index (χ4v) is 3.92. The summed E-state index contributed by atoms with van der Waals surface area (Å²) in [5.41, 5.74) is 5.97. The normalized spacial score (nSPS) is 21.5. The van der Waals surface area contributed by atoms with Gasteiger partial charge in [0, 0.05) is 24.3 Å². The van der Waals surface area contributed by atoms with Gasteiger partial charge in [0.2, 0.25) is 10.0 Å². The lowest BCUT2D eigenvalue weighted by Crippen LogP contribution is -2.38. The first-order valence-electron chi connectivity index (χ1n) is 6.05. The molecule has 1 saturated heterocycles. The molecule has 5 nitrogen and oxygen atoms in total. The lowest BCUT2D eigenvalue weighted by atomic mass is 10.0. The number of nitrogen functional groups attached to an aromatic ring is 1. The van der Waals surface area contributed by atoms with E-state index in [1.165, 1.54) is 12.1 Å². The first-order chi connectivity index (χ1) is 8.90. The fourth-order valence-electron chi connectivity index (χ4n) is 2.08. The second-order valence-corrected chi connectivity index (χ2v) is 6.81. The van der Waals surface area contributed by atoms with Crippen LogP contribution in [0.4, 0.5) is 5.69 Å². The Morgan fingerprint density at radius 3 is 2.89 bits per heavy atom. The maximum Gasteiger partial charge on any atom is 0.242 e. The van der Waals surface area contributed by atoms with E-state index >= 15 is 0 Å². The number of rotatable bonds is 4. The second kappa shape index (κ2) is 5.66. The van der Waals surface area contributed by atoms with Crippen LogP contribution in [0, 0.1) is 5.92 Å². The van der Waals surface area contributed by atoms with Crippen LogP contribution in [-0.2, 0) is 14.8 Å². The van der Waals surface area contributed by atoms with Crippen molar-refractivity contribution in [2.24, 2.45) is 5.92 Å². The minimum atomic E-state index is -3.67. The molecule has 2 unspecified atom stereocenters. The number of sulfonamides is 1. The molecular weight excluding hydrogens is 288 g/mol. The van der Waals surface area contributed by atoms with Crippen molar-refractivity contribution in [3.8, 4) is 0 Å². The molecule has 106 valence electrons. The van der Waals surface area contributed by atoms with Gasteiger partial charge in [0.1, 0.15) is 4.90 Å². The average molecular weight is 305 g/mol. The van der Waals surface area contributed by atoms with Crippen molar-refractivity contribution >= 4 is 27.3 Å². The van der Waals surface area contributed by atoms with Crippen LogP contribution < -0.4 is 10.5 Å². The number of halogens is 1. The van der Waals surface area contributed by atoms with Crippen molar-refractivity contribution in [2.75, 3.05) is 18.9 Å². The van der Waals surface area contributed by atoms with E-state index in [9.17, 15) is 8.42 Å². The zero-order valence-electron chi connectivity index (χ0n) is 10.6. The summed E-state index contributed by atoms with van der Waals surface area (Å²) in [6, 6.07) is 4.21. The molecule has 0 amide bonds. The van der Waals surface area contributed by atoms with Gasteiger partial charge in [-0.05, 0) is 31.5 Å². The highest BCUT2D eigenvalue weighted by Gasteiger charge is 2.27. The van der Waals surface area contributed by atoms with Gasteiger partial charge >= 0.3 is 0 Å². The maximum atomic E-state index is 12.3. The van der Waals surface area contributed by atoms with Gasteiger partial charge in [0.25, 0.3) is 0 Å². The van der Waals surface area contributed by atoms with Crippen LogP contribution in [0.25, 0.3) is 0 Å². The lowest BCUT2D eigenvalue weighted by molar-refractivity contribution is 0.180. The zero-order valence-corrected chi connectivity index (χ0v) is 12.2.